The lowest BCUT2D eigenvalue weighted by Crippen LogP contribution is -2.41. The van der Waals surface area contributed by atoms with Crippen molar-refractivity contribution in [1.29, 1.82) is 0 Å². The molecule has 1 rings (SSSR count). The molecule has 0 aliphatic carbocycles. The van der Waals surface area contributed by atoms with Crippen molar-refractivity contribution in [2.45, 2.75) is 51.7 Å². The highest BCUT2D eigenvalue weighted by atomic mass is 28.4. The second-order valence-electron chi connectivity index (χ2n) is 6.49. The Morgan fingerprint density at radius 3 is 2.37 bits per heavy atom. The lowest BCUT2D eigenvalue weighted by Gasteiger charge is -2.36. The number of hydrogen-bond donors (Lipinski definition) is 1. The van der Waals surface area contributed by atoms with Crippen molar-refractivity contribution in [2.24, 2.45) is 0 Å². The molecule has 4 heteroatoms. The third-order valence-corrected chi connectivity index (χ3v) is 8.45. The minimum absolute atomic E-state index is 0.154. The Balaban J connectivity index is 2.45. The second kappa shape index (κ2) is 6.64. The number of aromatic nitrogens is 1. The van der Waals surface area contributed by atoms with Gasteiger partial charge in [-0.15, -0.1) is 0 Å². The van der Waals surface area contributed by atoms with Gasteiger partial charge in [-0.2, -0.15) is 0 Å². The van der Waals surface area contributed by atoms with Crippen LogP contribution in [0.4, 0.5) is 0 Å². The summed E-state index contributed by atoms with van der Waals surface area (Å²) in [7, 11) is -1.64. The monoisotopic (exact) mass is 281 g/mol. The first-order valence-corrected chi connectivity index (χ1v) is 9.86. The fourth-order valence-corrected chi connectivity index (χ4v) is 2.55. The summed E-state index contributed by atoms with van der Waals surface area (Å²) in [5.74, 6) is 0. The molecule has 1 heterocycles. The Morgan fingerprint density at radius 1 is 1.21 bits per heavy atom. The smallest absolute Gasteiger partial charge is 0.191 e. The highest BCUT2D eigenvalue weighted by Gasteiger charge is 2.36. The van der Waals surface area contributed by atoms with E-state index in [9.17, 15) is 0 Å². The van der Waals surface area contributed by atoms with Crippen LogP contribution < -0.4 is 0 Å². The highest BCUT2D eigenvalue weighted by molar-refractivity contribution is 6.74. The van der Waals surface area contributed by atoms with Crippen LogP contribution in [0.2, 0.25) is 18.1 Å². The van der Waals surface area contributed by atoms with E-state index >= 15 is 0 Å². The van der Waals surface area contributed by atoms with Crippen LogP contribution >= 0.6 is 0 Å². The van der Waals surface area contributed by atoms with Crippen molar-refractivity contribution in [2.75, 3.05) is 13.2 Å². The van der Waals surface area contributed by atoms with Gasteiger partial charge in [0.1, 0.15) is 0 Å². The summed E-state index contributed by atoms with van der Waals surface area (Å²) in [5.41, 5.74) is 2.14. The molecule has 0 unspecified atom stereocenters. The first-order chi connectivity index (χ1) is 8.76. The molecule has 0 atom stereocenters. The van der Waals surface area contributed by atoms with Crippen molar-refractivity contribution >= 4 is 8.32 Å². The molecule has 0 aliphatic rings. The lowest BCUT2D eigenvalue weighted by molar-refractivity contribution is 0.291. The van der Waals surface area contributed by atoms with Crippen LogP contribution in [0.3, 0.4) is 0 Å². The van der Waals surface area contributed by atoms with Gasteiger partial charge in [-0.1, -0.05) is 26.8 Å². The molecule has 0 saturated carbocycles. The predicted octanol–water partition coefficient (Wildman–Crippen LogP) is 3.18. The van der Waals surface area contributed by atoms with Gasteiger partial charge in [-0.05, 0) is 36.2 Å². The molecule has 0 bridgehead atoms. The van der Waals surface area contributed by atoms with Gasteiger partial charge < -0.3 is 9.53 Å². The SMILES string of the molecule is CC(C)(C)[Si](C)(C)OCCc1ccc(CCO)nc1. The second-order valence-corrected chi connectivity index (χ2v) is 11.3. The molecular weight excluding hydrogens is 254 g/mol. The average Bonchev–Trinajstić information content (AvgIpc) is 2.30. The van der Waals surface area contributed by atoms with Gasteiger partial charge in [0.25, 0.3) is 0 Å². The van der Waals surface area contributed by atoms with Crippen molar-refractivity contribution in [3.05, 3.63) is 29.6 Å². The normalized spacial score (nSPS) is 12.7. The Bertz CT molecular complexity index is 382. The third-order valence-electron chi connectivity index (χ3n) is 3.91. The Morgan fingerprint density at radius 2 is 1.89 bits per heavy atom. The molecule has 0 spiro atoms. The number of aliphatic hydroxyl groups excluding tert-OH is 1. The van der Waals surface area contributed by atoms with Gasteiger partial charge in [0.05, 0.1) is 0 Å². The number of hydrogen-bond acceptors (Lipinski definition) is 3. The maximum Gasteiger partial charge on any atom is 0.191 e. The van der Waals surface area contributed by atoms with E-state index < -0.39 is 8.32 Å². The van der Waals surface area contributed by atoms with Gasteiger partial charge in [0.15, 0.2) is 8.32 Å². The topological polar surface area (TPSA) is 42.4 Å². The Hall–Kier alpha value is -0.713. The van der Waals surface area contributed by atoms with E-state index in [0.717, 1.165) is 18.7 Å². The van der Waals surface area contributed by atoms with Crippen molar-refractivity contribution in [3.8, 4) is 0 Å². The zero-order chi connectivity index (χ0) is 14.5. The van der Waals surface area contributed by atoms with Crippen molar-refractivity contribution in [3.63, 3.8) is 0 Å². The van der Waals surface area contributed by atoms with Gasteiger partial charge in [-0.25, -0.2) is 0 Å². The first kappa shape index (κ1) is 16.3. The minimum Gasteiger partial charge on any atom is -0.416 e. The summed E-state index contributed by atoms with van der Waals surface area (Å²) < 4.78 is 6.15. The fourth-order valence-electron chi connectivity index (χ4n) is 1.51. The third kappa shape index (κ3) is 5.05. The van der Waals surface area contributed by atoms with Crippen LogP contribution in [0.15, 0.2) is 18.3 Å². The van der Waals surface area contributed by atoms with Gasteiger partial charge in [-0.3, -0.25) is 4.98 Å². The van der Waals surface area contributed by atoms with Crippen molar-refractivity contribution in [1.82, 2.24) is 4.98 Å². The Labute approximate surface area is 118 Å². The molecule has 0 aromatic carbocycles. The molecular formula is C15H27NO2Si. The maximum atomic E-state index is 8.84. The summed E-state index contributed by atoms with van der Waals surface area (Å²) in [6.45, 7) is 12.2. The maximum absolute atomic E-state index is 8.84. The summed E-state index contributed by atoms with van der Waals surface area (Å²) >= 11 is 0. The summed E-state index contributed by atoms with van der Waals surface area (Å²) in [6, 6.07) is 4.06. The number of aliphatic hydroxyl groups is 1. The van der Waals surface area contributed by atoms with E-state index in [1.165, 1.54) is 5.56 Å². The molecule has 3 nitrogen and oxygen atoms in total. The Kier molecular flexibility index (Phi) is 5.71. The fraction of sp³-hybridized carbons (Fsp3) is 0.667. The molecule has 1 N–H and O–H groups in total. The minimum atomic E-state index is -1.64. The highest BCUT2D eigenvalue weighted by Crippen LogP contribution is 2.36. The summed E-state index contributed by atoms with van der Waals surface area (Å²) in [6.07, 6.45) is 3.42. The molecule has 19 heavy (non-hydrogen) atoms. The predicted molar refractivity (Wildman–Crippen MR) is 81.9 cm³/mol. The number of rotatable bonds is 6. The molecule has 0 radical (unpaired) electrons. The van der Waals surface area contributed by atoms with Crippen LogP contribution in [0, 0.1) is 0 Å². The van der Waals surface area contributed by atoms with E-state index in [-0.39, 0.29) is 11.6 Å². The van der Waals surface area contributed by atoms with Crippen LogP contribution in [0.25, 0.3) is 0 Å². The number of nitrogens with zero attached hydrogens (tertiary/aromatic N) is 1. The molecule has 0 aliphatic heterocycles. The zero-order valence-corrected chi connectivity index (χ0v) is 13.9. The molecule has 0 amide bonds. The summed E-state index contributed by atoms with van der Waals surface area (Å²) in [4.78, 5) is 4.33. The van der Waals surface area contributed by atoms with Gasteiger partial charge >= 0.3 is 0 Å². The van der Waals surface area contributed by atoms with E-state index in [1.807, 2.05) is 12.3 Å². The quantitative estimate of drug-likeness (QED) is 0.814. The molecule has 0 saturated heterocycles. The lowest BCUT2D eigenvalue weighted by atomic mass is 10.2. The zero-order valence-electron chi connectivity index (χ0n) is 12.9. The van der Waals surface area contributed by atoms with Gasteiger partial charge in [0, 0.05) is 31.5 Å². The summed E-state index contributed by atoms with van der Waals surface area (Å²) in [5, 5.41) is 9.10. The molecule has 108 valence electrons. The average molecular weight is 281 g/mol. The van der Waals surface area contributed by atoms with E-state index in [2.05, 4.69) is 44.9 Å². The van der Waals surface area contributed by atoms with E-state index in [4.69, 9.17) is 9.53 Å². The molecule has 1 aromatic heterocycles. The van der Waals surface area contributed by atoms with Gasteiger partial charge in [0.2, 0.25) is 0 Å². The standard InChI is InChI=1S/C15H27NO2Si/c1-15(2,3)19(4,5)18-11-9-13-6-7-14(8-10-17)16-12-13/h6-7,12,17H,8-11H2,1-5H3. The van der Waals surface area contributed by atoms with Crippen LogP contribution in [0.5, 0.6) is 0 Å². The van der Waals surface area contributed by atoms with Crippen LogP contribution in [-0.4, -0.2) is 31.6 Å². The first-order valence-electron chi connectivity index (χ1n) is 6.95. The van der Waals surface area contributed by atoms with E-state index in [1.54, 1.807) is 0 Å². The van der Waals surface area contributed by atoms with Crippen LogP contribution in [0.1, 0.15) is 32.0 Å². The van der Waals surface area contributed by atoms with Crippen molar-refractivity contribution < 1.29 is 9.53 Å². The largest absolute Gasteiger partial charge is 0.416 e. The molecule has 1 aromatic rings. The molecule has 0 fully saturated rings. The van der Waals surface area contributed by atoms with E-state index in [0.29, 0.717) is 6.42 Å². The number of pyridine rings is 1. The van der Waals surface area contributed by atoms with Crippen LogP contribution in [-0.2, 0) is 17.3 Å².